The summed E-state index contributed by atoms with van der Waals surface area (Å²) in [5, 5.41) is 3.42. The second-order valence-corrected chi connectivity index (χ2v) is 4.30. The molecule has 0 aromatic rings. The van der Waals surface area contributed by atoms with Crippen LogP contribution in [-0.4, -0.2) is 24.7 Å². The summed E-state index contributed by atoms with van der Waals surface area (Å²) in [5.74, 6) is -0.146. The van der Waals surface area contributed by atoms with Crippen LogP contribution in [0.5, 0.6) is 0 Å². The SMILES string of the molecule is CCC(C)(NC1CCCC1)C(=O)OC. The van der Waals surface area contributed by atoms with Gasteiger partial charge in [-0.3, -0.25) is 10.1 Å². The third-order valence-corrected chi connectivity index (χ3v) is 3.22. The Morgan fingerprint density at radius 1 is 1.50 bits per heavy atom. The Bertz CT molecular complexity index is 199. The number of nitrogens with one attached hydrogen (secondary N) is 1. The van der Waals surface area contributed by atoms with Crippen LogP contribution >= 0.6 is 0 Å². The first-order valence-corrected chi connectivity index (χ1v) is 5.48. The van der Waals surface area contributed by atoms with Crippen molar-refractivity contribution in [1.29, 1.82) is 0 Å². The van der Waals surface area contributed by atoms with Crippen molar-refractivity contribution in [3.8, 4) is 0 Å². The lowest BCUT2D eigenvalue weighted by atomic mass is 9.97. The highest BCUT2D eigenvalue weighted by Crippen LogP contribution is 2.22. The summed E-state index contributed by atoms with van der Waals surface area (Å²) in [7, 11) is 1.45. The molecule has 3 nitrogen and oxygen atoms in total. The van der Waals surface area contributed by atoms with Crippen molar-refractivity contribution in [3.63, 3.8) is 0 Å². The van der Waals surface area contributed by atoms with Crippen LogP contribution in [0, 0.1) is 0 Å². The summed E-state index contributed by atoms with van der Waals surface area (Å²) in [6, 6.07) is 0.499. The highest BCUT2D eigenvalue weighted by molar-refractivity contribution is 5.80. The lowest BCUT2D eigenvalue weighted by molar-refractivity contribution is -0.148. The first kappa shape index (κ1) is 11.5. The highest BCUT2D eigenvalue weighted by Gasteiger charge is 2.34. The van der Waals surface area contributed by atoms with E-state index in [1.165, 1.54) is 32.8 Å². The first-order valence-electron chi connectivity index (χ1n) is 5.48. The zero-order valence-corrected chi connectivity index (χ0v) is 9.43. The standard InChI is InChI=1S/C11H21NO2/c1-4-11(2,10(13)14-3)12-9-7-5-6-8-9/h9,12H,4-8H2,1-3H3. The summed E-state index contributed by atoms with van der Waals surface area (Å²) in [5.41, 5.74) is -0.496. The zero-order valence-electron chi connectivity index (χ0n) is 9.43. The molecule has 82 valence electrons. The number of esters is 1. The maximum atomic E-state index is 11.6. The number of carbonyl (C=O) groups is 1. The number of ether oxygens (including phenoxy) is 1. The number of methoxy groups -OCH3 is 1. The van der Waals surface area contributed by atoms with E-state index >= 15 is 0 Å². The van der Waals surface area contributed by atoms with Gasteiger partial charge < -0.3 is 4.74 Å². The third kappa shape index (κ3) is 2.47. The zero-order chi connectivity index (χ0) is 10.6. The molecule has 1 rings (SSSR count). The number of rotatable bonds is 4. The fraction of sp³-hybridized carbons (Fsp3) is 0.909. The van der Waals surface area contributed by atoms with Crippen molar-refractivity contribution >= 4 is 5.97 Å². The smallest absolute Gasteiger partial charge is 0.325 e. The van der Waals surface area contributed by atoms with Crippen molar-refractivity contribution in [2.24, 2.45) is 0 Å². The van der Waals surface area contributed by atoms with Crippen LogP contribution in [0.15, 0.2) is 0 Å². The fourth-order valence-electron chi connectivity index (χ4n) is 2.05. The predicted octanol–water partition coefficient (Wildman–Crippen LogP) is 1.86. The molecular formula is C11H21NO2. The molecule has 1 N–H and O–H groups in total. The van der Waals surface area contributed by atoms with E-state index in [0.29, 0.717) is 6.04 Å². The van der Waals surface area contributed by atoms with Gasteiger partial charge in [-0.1, -0.05) is 19.8 Å². The molecule has 1 aliphatic rings. The van der Waals surface area contributed by atoms with Crippen LogP contribution in [0.4, 0.5) is 0 Å². The summed E-state index contributed by atoms with van der Waals surface area (Å²) in [6.45, 7) is 3.94. The molecule has 0 saturated heterocycles. The number of hydrogen-bond acceptors (Lipinski definition) is 3. The van der Waals surface area contributed by atoms with Crippen molar-refractivity contribution in [1.82, 2.24) is 5.32 Å². The Balaban J connectivity index is 2.55. The van der Waals surface area contributed by atoms with Gasteiger partial charge in [-0.2, -0.15) is 0 Å². The van der Waals surface area contributed by atoms with Gasteiger partial charge in [0.15, 0.2) is 0 Å². The van der Waals surface area contributed by atoms with Gasteiger partial charge in [0.25, 0.3) is 0 Å². The predicted molar refractivity (Wildman–Crippen MR) is 56.1 cm³/mol. The summed E-state index contributed by atoms with van der Waals surface area (Å²) >= 11 is 0. The molecular weight excluding hydrogens is 178 g/mol. The maximum absolute atomic E-state index is 11.6. The van der Waals surface area contributed by atoms with Crippen LogP contribution in [0.1, 0.15) is 46.0 Å². The Hall–Kier alpha value is -0.570. The van der Waals surface area contributed by atoms with Crippen molar-refractivity contribution in [3.05, 3.63) is 0 Å². The molecule has 0 radical (unpaired) electrons. The number of hydrogen-bond donors (Lipinski definition) is 1. The normalized spacial score (nSPS) is 21.9. The minimum absolute atomic E-state index is 0.146. The Morgan fingerprint density at radius 3 is 2.50 bits per heavy atom. The van der Waals surface area contributed by atoms with Crippen molar-refractivity contribution in [2.45, 2.75) is 57.5 Å². The van der Waals surface area contributed by atoms with Gasteiger partial charge in [0, 0.05) is 6.04 Å². The molecule has 1 unspecified atom stereocenters. The van der Waals surface area contributed by atoms with E-state index in [2.05, 4.69) is 5.32 Å². The molecule has 0 spiro atoms. The Labute approximate surface area is 86.2 Å². The average Bonchev–Trinajstić information content (AvgIpc) is 2.68. The van der Waals surface area contributed by atoms with Gasteiger partial charge in [0.1, 0.15) is 5.54 Å². The van der Waals surface area contributed by atoms with Crippen LogP contribution < -0.4 is 5.32 Å². The van der Waals surface area contributed by atoms with E-state index in [-0.39, 0.29) is 5.97 Å². The molecule has 0 aliphatic heterocycles. The van der Waals surface area contributed by atoms with Gasteiger partial charge in [0.2, 0.25) is 0 Å². The van der Waals surface area contributed by atoms with Gasteiger partial charge in [-0.25, -0.2) is 0 Å². The molecule has 1 fully saturated rings. The molecule has 1 atom stereocenters. The minimum Gasteiger partial charge on any atom is -0.468 e. The quantitative estimate of drug-likeness (QED) is 0.702. The molecule has 1 saturated carbocycles. The highest BCUT2D eigenvalue weighted by atomic mass is 16.5. The van der Waals surface area contributed by atoms with E-state index in [1.807, 2.05) is 13.8 Å². The Kier molecular flexibility index (Phi) is 3.93. The van der Waals surface area contributed by atoms with Crippen LogP contribution in [0.3, 0.4) is 0 Å². The van der Waals surface area contributed by atoms with E-state index < -0.39 is 5.54 Å². The molecule has 14 heavy (non-hydrogen) atoms. The van der Waals surface area contributed by atoms with Crippen molar-refractivity contribution < 1.29 is 9.53 Å². The first-order chi connectivity index (χ1) is 6.62. The molecule has 3 heteroatoms. The summed E-state index contributed by atoms with van der Waals surface area (Å²) in [4.78, 5) is 11.6. The van der Waals surface area contributed by atoms with E-state index in [0.717, 1.165) is 6.42 Å². The molecule has 0 amide bonds. The molecule has 0 aromatic carbocycles. The molecule has 0 bridgehead atoms. The van der Waals surface area contributed by atoms with Crippen LogP contribution in [0.25, 0.3) is 0 Å². The Morgan fingerprint density at radius 2 is 2.07 bits per heavy atom. The number of carbonyl (C=O) groups excluding carboxylic acids is 1. The minimum atomic E-state index is -0.496. The largest absolute Gasteiger partial charge is 0.468 e. The van der Waals surface area contributed by atoms with Gasteiger partial charge in [0.05, 0.1) is 7.11 Å². The van der Waals surface area contributed by atoms with E-state index in [4.69, 9.17) is 4.74 Å². The lowest BCUT2D eigenvalue weighted by Crippen LogP contribution is -2.53. The maximum Gasteiger partial charge on any atom is 0.325 e. The van der Waals surface area contributed by atoms with Crippen LogP contribution in [-0.2, 0) is 9.53 Å². The summed E-state index contributed by atoms with van der Waals surface area (Å²) in [6.07, 6.45) is 5.70. The van der Waals surface area contributed by atoms with Crippen molar-refractivity contribution in [2.75, 3.05) is 7.11 Å². The lowest BCUT2D eigenvalue weighted by Gasteiger charge is -2.30. The van der Waals surface area contributed by atoms with E-state index in [9.17, 15) is 4.79 Å². The summed E-state index contributed by atoms with van der Waals surface area (Å²) < 4.78 is 4.82. The van der Waals surface area contributed by atoms with Gasteiger partial charge >= 0.3 is 5.97 Å². The van der Waals surface area contributed by atoms with E-state index in [1.54, 1.807) is 0 Å². The molecule has 1 aliphatic carbocycles. The van der Waals surface area contributed by atoms with Gasteiger partial charge in [-0.05, 0) is 26.2 Å². The fourth-order valence-corrected chi connectivity index (χ4v) is 2.05. The molecule has 0 aromatic heterocycles. The third-order valence-electron chi connectivity index (χ3n) is 3.22. The molecule has 0 heterocycles. The second kappa shape index (κ2) is 4.78. The topological polar surface area (TPSA) is 38.3 Å². The second-order valence-electron chi connectivity index (χ2n) is 4.30. The van der Waals surface area contributed by atoms with Gasteiger partial charge in [-0.15, -0.1) is 0 Å². The average molecular weight is 199 g/mol. The van der Waals surface area contributed by atoms with Crippen LogP contribution in [0.2, 0.25) is 0 Å². The monoisotopic (exact) mass is 199 g/mol.